The molecule has 3 heterocycles. The summed E-state index contributed by atoms with van der Waals surface area (Å²) in [6.07, 6.45) is -2.44. The highest BCUT2D eigenvalue weighted by Gasteiger charge is 2.48. The summed E-state index contributed by atoms with van der Waals surface area (Å²) < 4.78 is 35.3. The van der Waals surface area contributed by atoms with E-state index in [2.05, 4.69) is 15.3 Å². The predicted octanol–water partition coefficient (Wildman–Crippen LogP) is 2.62. The molecule has 3 N–H and O–H groups in total. The molecule has 19 nitrogen and oxygen atoms in total. The van der Waals surface area contributed by atoms with Crippen LogP contribution in [0.3, 0.4) is 0 Å². The first-order chi connectivity index (χ1) is 30.2. The highest BCUT2D eigenvalue weighted by Crippen LogP contribution is 2.41. The number of rotatable bonds is 23. The molecule has 1 aliphatic rings. The van der Waals surface area contributed by atoms with E-state index in [4.69, 9.17) is 33.2 Å². The Labute approximate surface area is 362 Å². The topological polar surface area (TPSA) is 262 Å². The number of nitrogens with one attached hydrogen (secondary N) is 3. The Balaban J connectivity index is 2.05. The average molecular weight is 878 g/mol. The fraction of sp³-hybridized carbons (Fsp3) is 0.432. The van der Waals surface area contributed by atoms with Gasteiger partial charge in [0, 0.05) is 49.1 Å². The summed E-state index contributed by atoms with van der Waals surface area (Å²) in [5, 5.41) is 3.01. The molecular formula is C44H51N3O16. The first-order valence-electron chi connectivity index (χ1n) is 19.7. The van der Waals surface area contributed by atoms with Gasteiger partial charge in [-0.3, -0.25) is 38.4 Å². The van der Waals surface area contributed by atoms with Crippen molar-refractivity contribution in [2.75, 3.05) is 42.7 Å². The number of esters is 7. The van der Waals surface area contributed by atoms with Gasteiger partial charge in [-0.25, -0.2) is 4.79 Å². The van der Waals surface area contributed by atoms with E-state index >= 15 is 0 Å². The maximum Gasteiger partial charge on any atom is 0.355 e. The Morgan fingerprint density at radius 1 is 0.587 bits per heavy atom. The Bertz CT molecular complexity index is 2250. The van der Waals surface area contributed by atoms with Crippen molar-refractivity contribution in [2.45, 2.75) is 82.8 Å². The first-order valence-corrected chi connectivity index (χ1v) is 19.7. The third-order valence-corrected chi connectivity index (χ3v) is 10.8. The lowest BCUT2D eigenvalue weighted by Crippen LogP contribution is -2.49. The van der Waals surface area contributed by atoms with Crippen molar-refractivity contribution in [1.29, 1.82) is 0 Å². The van der Waals surface area contributed by atoms with Crippen molar-refractivity contribution in [1.82, 2.24) is 15.3 Å². The minimum Gasteiger partial charge on any atom is -0.469 e. The second kappa shape index (κ2) is 22.7. The molecule has 0 fully saturated rings. The van der Waals surface area contributed by atoms with Crippen LogP contribution in [0, 0.1) is 0 Å². The SMILES string of the molecule is COC(=O)CCC1=C(CC(=O)OC)C(Cc2[nH]c(C=O)c(CCC(=O)OC)c2CC(=O)OC)(Cc2[nH]c(C(=O)OCc3ccccc3)c(CC(=O)OC)c2CCC(=O)OC)NC1=O. The number of hydrogen-bond donors (Lipinski definition) is 3. The number of carbonyl (C=O) groups is 9. The van der Waals surface area contributed by atoms with E-state index < -0.39 is 72.5 Å². The zero-order valence-electron chi connectivity index (χ0n) is 36.0. The second-order valence-corrected chi connectivity index (χ2v) is 14.4. The molecule has 0 spiro atoms. The van der Waals surface area contributed by atoms with Crippen molar-refractivity contribution in [3.63, 3.8) is 0 Å². The van der Waals surface area contributed by atoms with Gasteiger partial charge >= 0.3 is 41.8 Å². The summed E-state index contributed by atoms with van der Waals surface area (Å²) in [5.74, 6) is -5.64. The number of aldehydes is 1. The standard InChI is InChI=1S/C44H51N3O16/c1-57-35(49)15-12-26-29(18-38(52)60-4)33(45-34(26)23-48)22-44(31(20-40(54)62-6)28(42(55)47-44)14-17-37(51)59-3)21-32-27(13-16-36(50)58-2)30(19-39(53)61-5)41(46-32)43(56)63-24-25-10-8-7-9-11-25/h7-11,23,45-46H,12-22,24H2,1-6H3,(H,47,55). The highest BCUT2D eigenvalue weighted by molar-refractivity contribution is 6.00. The van der Waals surface area contributed by atoms with Crippen LogP contribution in [0.15, 0.2) is 41.5 Å². The van der Waals surface area contributed by atoms with E-state index in [0.29, 0.717) is 23.0 Å². The van der Waals surface area contributed by atoms with E-state index in [-0.39, 0.29) is 103 Å². The Morgan fingerprint density at radius 2 is 1.08 bits per heavy atom. The number of methoxy groups -OCH3 is 6. The zero-order valence-corrected chi connectivity index (χ0v) is 36.0. The Hall–Kier alpha value is -7.05. The molecule has 0 bridgehead atoms. The van der Waals surface area contributed by atoms with Crippen LogP contribution in [-0.4, -0.2) is 112 Å². The fourth-order valence-corrected chi connectivity index (χ4v) is 7.60. The van der Waals surface area contributed by atoms with Gasteiger partial charge in [0.1, 0.15) is 12.3 Å². The Morgan fingerprint density at radius 3 is 1.62 bits per heavy atom. The van der Waals surface area contributed by atoms with Crippen LogP contribution in [-0.2, 0) is 112 Å². The van der Waals surface area contributed by atoms with Crippen LogP contribution in [0.2, 0.25) is 0 Å². The van der Waals surface area contributed by atoms with Crippen LogP contribution in [0.5, 0.6) is 0 Å². The van der Waals surface area contributed by atoms with Crippen molar-refractivity contribution < 1.29 is 76.3 Å². The maximum absolute atomic E-state index is 14.3. The number of H-pyrrole nitrogens is 2. The summed E-state index contributed by atoms with van der Waals surface area (Å²) in [7, 11) is 7.05. The predicted molar refractivity (Wildman–Crippen MR) is 218 cm³/mol. The van der Waals surface area contributed by atoms with E-state index in [9.17, 15) is 43.2 Å². The van der Waals surface area contributed by atoms with E-state index in [1.54, 1.807) is 30.3 Å². The van der Waals surface area contributed by atoms with E-state index in [1.807, 2.05) is 0 Å². The molecule has 19 heteroatoms. The summed E-state index contributed by atoms with van der Waals surface area (Å²) in [4.78, 5) is 124. The molecule has 1 unspecified atom stereocenters. The maximum atomic E-state index is 14.3. The lowest BCUT2D eigenvalue weighted by atomic mass is 9.77. The third-order valence-electron chi connectivity index (χ3n) is 10.8. The van der Waals surface area contributed by atoms with Gasteiger partial charge in [0.2, 0.25) is 5.91 Å². The largest absolute Gasteiger partial charge is 0.469 e. The Kier molecular flexibility index (Phi) is 17.5. The minimum atomic E-state index is -1.70. The van der Waals surface area contributed by atoms with Gasteiger partial charge in [-0.05, 0) is 52.7 Å². The van der Waals surface area contributed by atoms with Crippen molar-refractivity contribution >= 4 is 54.0 Å². The fourth-order valence-electron chi connectivity index (χ4n) is 7.60. The van der Waals surface area contributed by atoms with Crippen LogP contribution in [0.25, 0.3) is 0 Å². The molecule has 1 aliphatic heterocycles. The normalized spacial score (nSPS) is 14.3. The zero-order chi connectivity index (χ0) is 46.3. The molecule has 338 valence electrons. The van der Waals surface area contributed by atoms with Crippen LogP contribution >= 0.6 is 0 Å². The molecule has 63 heavy (non-hydrogen) atoms. The first kappa shape index (κ1) is 48.6. The third kappa shape index (κ3) is 12.3. The summed E-state index contributed by atoms with van der Waals surface area (Å²) >= 11 is 0. The highest BCUT2D eigenvalue weighted by atomic mass is 16.5. The summed E-state index contributed by atoms with van der Waals surface area (Å²) in [6, 6.07) is 8.81. The molecule has 1 atom stereocenters. The molecule has 2 aromatic heterocycles. The van der Waals surface area contributed by atoms with Gasteiger partial charge in [-0.15, -0.1) is 0 Å². The number of ether oxygens (including phenoxy) is 7. The van der Waals surface area contributed by atoms with Crippen molar-refractivity contribution in [3.05, 3.63) is 92.1 Å². The van der Waals surface area contributed by atoms with Crippen LogP contribution in [0.4, 0.5) is 0 Å². The number of carbonyl (C=O) groups excluding carboxylic acids is 9. The van der Waals surface area contributed by atoms with Gasteiger partial charge in [0.15, 0.2) is 6.29 Å². The average Bonchev–Trinajstić information content (AvgIpc) is 3.88. The van der Waals surface area contributed by atoms with Gasteiger partial charge in [0.05, 0.1) is 73.2 Å². The van der Waals surface area contributed by atoms with Crippen molar-refractivity contribution in [2.24, 2.45) is 0 Å². The molecule has 0 aliphatic carbocycles. The molecule has 0 saturated heterocycles. The van der Waals surface area contributed by atoms with Crippen molar-refractivity contribution in [3.8, 4) is 0 Å². The number of aromatic nitrogens is 2. The monoisotopic (exact) mass is 877 g/mol. The lowest BCUT2D eigenvalue weighted by molar-refractivity contribution is -0.141. The van der Waals surface area contributed by atoms with Gasteiger partial charge < -0.3 is 48.4 Å². The van der Waals surface area contributed by atoms with E-state index in [1.165, 1.54) is 28.4 Å². The summed E-state index contributed by atoms with van der Waals surface area (Å²) in [6.45, 7) is -0.147. The summed E-state index contributed by atoms with van der Waals surface area (Å²) in [5.41, 5.74) is 0.412. The number of aromatic amines is 2. The van der Waals surface area contributed by atoms with E-state index in [0.717, 1.165) is 14.2 Å². The minimum absolute atomic E-state index is 0.0131. The number of benzene rings is 1. The van der Waals surface area contributed by atoms with Gasteiger partial charge in [0.25, 0.3) is 0 Å². The molecule has 4 rings (SSSR count). The molecule has 1 amide bonds. The smallest absolute Gasteiger partial charge is 0.355 e. The molecule has 1 aromatic carbocycles. The second-order valence-electron chi connectivity index (χ2n) is 14.4. The molecule has 0 saturated carbocycles. The number of amides is 1. The number of hydrogen-bond acceptors (Lipinski definition) is 16. The quantitative estimate of drug-likeness (QED) is 0.0702. The molecular weight excluding hydrogens is 826 g/mol. The van der Waals surface area contributed by atoms with Gasteiger partial charge in [-0.2, -0.15) is 0 Å². The van der Waals surface area contributed by atoms with Crippen LogP contribution in [0.1, 0.15) is 92.3 Å². The lowest BCUT2D eigenvalue weighted by Gasteiger charge is -2.33. The van der Waals surface area contributed by atoms with Crippen LogP contribution < -0.4 is 5.32 Å². The molecule has 0 radical (unpaired) electrons. The molecule has 3 aromatic rings. The van der Waals surface area contributed by atoms with Gasteiger partial charge in [-0.1, -0.05) is 30.3 Å².